The Morgan fingerprint density at radius 1 is 1.31 bits per heavy atom. The third-order valence-electron chi connectivity index (χ3n) is 7.21. The van der Waals surface area contributed by atoms with Crippen LogP contribution in [0.5, 0.6) is 5.75 Å². The molecule has 1 amide bonds. The number of amides is 1. The van der Waals surface area contributed by atoms with E-state index in [2.05, 4.69) is 41.6 Å². The summed E-state index contributed by atoms with van der Waals surface area (Å²) in [5.74, 6) is 1.91. The van der Waals surface area contributed by atoms with Crippen molar-refractivity contribution in [2.24, 2.45) is 16.7 Å². The zero-order valence-corrected chi connectivity index (χ0v) is 19.0. The number of nitrogens with one attached hydrogen (secondary N) is 2. The molecule has 2 aliphatic carbocycles. The monoisotopic (exact) mass is 432 g/mol. The van der Waals surface area contributed by atoms with Crippen molar-refractivity contribution < 1.29 is 9.53 Å². The van der Waals surface area contributed by atoms with Crippen LogP contribution in [0, 0.1) is 16.7 Å². The van der Waals surface area contributed by atoms with E-state index in [4.69, 9.17) is 4.74 Å². The summed E-state index contributed by atoms with van der Waals surface area (Å²) < 4.78 is 6.12. The first kappa shape index (κ1) is 20.5. The van der Waals surface area contributed by atoms with Gasteiger partial charge in [0.2, 0.25) is 11.0 Å². The van der Waals surface area contributed by atoms with Crippen molar-refractivity contribution in [3.8, 4) is 5.75 Å². The number of hydrogen-bond donors (Lipinski definition) is 2. The van der Waals surface area contributed by atoms with E-state index in [1.54, 1.807) is 7.11 Å². The number of hydrogen-bond acceptors (Lipinski definition) is 7. The Kier molecular flexibility index (Phi) is 5.50. The van der Waals surface area contributed by atoms with Crippen molar-refractivity contribution in [1.82, 2.24) is 15.5 Å². The van der Waals surface area contributed by atoms with Crippen LogP contribution in [0.3, 0.4) is 0 Å². The smallest absolute Gasteiger partial charge is 0.230 e. The molecule has 1 heterocycles. The van der Waals surface area contributed by atoms with Crippen LogP contribution in [-0.4, -0.2) is 35.0 Å². The first-order valence-electron chi connectivity index (χ1n) is 9.99. The molecule has 29 heavy (non-hydrogen) atoms. The Morgan fingerprint density at radius 3 is 2.79 bits per heavy atom. The fourth-order valence-corrected chi connectivity index (χ4v) is 6.54. The van der Waals surface area contributed by atoms with Gasteiger partial charge in [-0.15, -0.1) is 10.2 Å². The van der Waals surface area contributed by atoms with Crippen LogP contribution in [0.2, 0.25) is 0 Å². The molecule has 0 radical (unpaired) electrons. The summed E-state index contributed by atoms with van der Waals surface area (Å²) in [6, 6.07) is 7.95. The summed E-state index contributed by atoms with van der Waals surface area (Å²) in [6.45, 7) is 7.07. The Labute approximate surface area is 180 Å². The number of benzene rings is 1. The van der Waals surface area contributed by atoms with E-state index in [0.29, 0.717) is 16.3 Å². The number of carbonyl (C=O) groups excluding carboxylic acids is 1. The molecule has 8 heteroatoms. The topological polar surface area (TPSA) is 76.1 Å². The first-order valence-corrected chi connectivity index (χ1v) is 11.8. The normalized spacial score (nSPS) is 27.0. The number of anilines is 2. The summed E-state index contributed by atoms with van der Waals surface area (Å²) in [5, 5.41) is 15.6. The van der Waals surface area contributed by atoms with Crippen molar-refractivity contribution in [3.63, 3.8) is 0 Å². The van der Waals surface area contributed by atoms with Gasteiger partial charge in [-0.1, -0.05) is 56.0 Å². The second-order valence-corrected chi connectivity index (χ2v) is 10.9. The first-order chi connectivity index (χ1) is 13.8. The third kappa shape index (κ3) is 3.72. The lowest BCUT2D eigenvalue weighted by molar-refractivity contribution is -0.120. The number of para-hydroxylation sites is 2. The fraction of sp³-hybridized carbons (Fsp3) is 0.571. The maximum absolute atomic E-state index is 12.6. The molecule has 0 aliphatic heterocycles. The second-order valence-electron chi connectivity index (χ2n) is 8.72. The number of carbonyl (C=O) groups is 1. The molecule has 1 aromatic heterocycles. The number of fused-ring (bicyclic) bond motifs is 2. The predicted molar refractivity (Wildman–Crippen MR) is 118 cm³/mol. The van der Waals surface area contributed by atoms with E-state index >= 15 is 0 Å². The molecule has 2 bridgehead atoms. The van der Waals surface area contributed by atoms with Crippen molar-refractivity contribution >= 4 is 39.8 Å². The summed E-state index contributed by atoms with van der Waals surface area (Å²) in [6.07, 6.45) is 3.60. The number of thioether (sulfide) groups is 1. The summed E-state index contributed by atoms with van der Waals surface area (Å²) in [5.41, 5.74) is 1.34. The average Bonchev–Trinajstić information content (AvgIpc) is 3.29. The Bertz CT molecular complexity index is 900. The predicted octanol–water partition coefficient (Wildman–Crippen LogP) is 4.71. The largest absolute Gasteiger partial charge is 0.495 e. The molecule has 0 spiro atoms. The molecule has 2 N–H and O–H groups in total. The maximum Gasteiger partial charge on any atom is 0.230 e. The maximum atomic E-state index is 12.6. The van der Waals surface area contributed by atoms with Gasteiger partial charge in [0.05, 0.1) is 18.6 Å². The Morgan fingerprint density at radius 2 is 2.10 bits per heavy atom. The van der Waals surface area contributed by atoms with Crippen molar-refractivity contribution in [3.05, 3.63) is 24.3 Å². The van der Waals surface area contributed by atoms with E-state index in [0.717, 1.165) is 28.1 Å². The van der Waals surface area contributed by atoms with Crippen molar-refractivity contribution in [2.75, 3.05) is 18.2 Å². The molecule has 2 saturated carbocycles. The molecule has 2 aromatic rings. The number of nitrogens with zero attached hydrogens (tertiary/aromatic N) is 2. The van der Waals surface area contributed by atoms with Gasteiger partial charge in [-0.3, -0.25) is 4.79 Å². The summed E-state index contributed by atoms with van der Waals surface area (Å²) in [7, 11) is 1.64. The Balaban J connectivity index is 1.31. The molecule has 1 aromatic carbocycles. The van der Waals surface area contributed by atoms with E-state index < -0.39 is 0 Å². The van der Waals surface area contributed by atoms with Crippen LogP contribution in [0.25, 0.3) is 0 Å². The zero-order chi connectivity index (χ0) is 20.6. The average molecular weight is 433 g/mol. The third-order valence-corrected chi connectivity index (χ3v) is 9.18. The molecule has 4 rings (SSSR count). The van der Waals surface area contributed by atoms with E-state index in [1.807, 2.05) is 24.3 Å². The molecule has 2 fully saturated rings. The van der Waals surface area contributed by atoms with Crippen molar-refractivity contribution in [2.45, 2.75) is 50.4 Å². The quantitative estimate of drug-likeness (QED) is 0.617. The molecule has 2 aliphatic rings. The van der Waals surface area contributed by atoms with Gasteiger partial charge in [0, 0.05) is 6.04 Å². The standard InChI is InChI=1S/C21H28N4O2S2/c1-20(2)13-9-10-21(20,3)16(11-13)23-17(26)12-28-19-25-24-18(29-19)22-14-7-5-6-8-15(14)27-4/h5-8,13,16H,9-12H2,1-4H3,(H,22,24)(H,23,26). The fourth-order valence-electron chi connectivity index (χ4n) is 4.97. The summed E-state index contributed by atoms with van der Waals surface area (Å²) >= 11 is 2.87. The van der Waals surface area contributed by atoms with Gasteiger partial charge in [-0.25, -0.2) is 0 Å². The summed E-state index contributed by atoms with van der Waals surface area (Å²) in [4.78, 5) is 12.6. The highest BCUT2D eigenvalue weighted by Crippen LogP contribution is 2.65. The molecule has 0 saturated heterocycles. The minimum absolute atomic E-state index is 0.0824. The molecular formula is C21H28N4O2S2. The highest BCUT2D eigenvalue weighted by atomic mass is 32.2. The lowest BCUT2D eigenvalue weighted by atomic mass is 9.69. The van der Waals surface area contributed by atoms with E-state index in [9.17, 15) is 4.79 Å². The zero-order valence-electron chi connectivity index (χ0n) is 17.3. The number of aromatic nitrogens is 2. The van der Waals surface area contributed by atoms with Gasteiger partial charge in [0.25, 0.3) is 0 Å². The van der Waals surface area contributed by atoms with Crippen LogP contribution >= 0.6 is 23.1 Å². The number of ether oxygens (including phenoxy) is 1. The van der Waals surface area contributed by atoms with Gasteiger partial charge >= 0.3 is 0 Å². The lowest BCUT2D eigenvalue weighted by Crippen LogP contribution is -2.47. The molecule has 156 valence electrons. The number of methoxy groups -OCH3 is 1. The van der Waals surface area contributed by atoms with Crippen LogP contribution in [-0.2, 0) is 4.79 Å². The van der Waals surface area contributed by atoms with Gasteiger partial charge in [0.1, 0.15) is 5.75 Å². The van der Waals surface area contributed by atoms with Crippen molar-refractivity contribution in [1.29, 1.82) is 0 Å². The highest BCUT2D eigenvalue weighted by molar-refractivity contribution is 8.01. The van der Waals surface area contributed by atoms with Gasteiger partial charge in [-0.2, -0.15) is 0 Å². The Hall–Kier alpha value is -1.80. The highest BCUT2D eigenvalue weighted by Gasteiger charge is 2.61. The van der Waals surface area contributed by atoms with Gasteiger partial charge in [0.15, 0.2) is 4.34 Å². The van der Waals surface area contributed by atoms with E-state index in [-0.39, 0.29) is 17.4 Å². The minimum atomic E-state index is 0.0824. The van der Waals surface area contributed by atoms with Crippen LogP contribution < -0.4 is 15.4 Å². The van der Waals surface area contributed by atoms with Gasteiger partial charge in [-0.05, 0) is 48.1 Å². The number of rotatable bonds is 7. The van der Waals surface area contributed by atoms with Crippen LogP contribution in [0.15, 0.2) is 28.6 Å². The van der Waals surface area contributed by atoms with Gasteiger partial charge < -0.3 is 15.4 Å². The minimum Gasteiger partial charge on any atom is -0.495 e. The SMILES string of the molecule is COc1ccccc1Nc1nnc(SCC(=O)NC2CC3CCC2(C)C3(C)C)s1. The molecule has 6 nitrogen and oxygen atoms in total. The second kappa shape index (κ2) is 7.80. The van der Waals surface area contributed by atoms with Crippen LogP contribution in [0.1, 0.15) is 40.0 Å². The molecular weight excluding hydrogens is 404 g/mol. The van der Waals surface area contributed by atoms with Crippen LogP contribution in [0.4, 0.5) is 10.8 Å². The lowest BCUT2D eigenvalue weighted by Gasteiger charge is -2.39. The molecule has 3 unspecified atom stereocenters. The molecule has 3 atom stereocenters. The van der Waals surface area contributed by atoms with E-state index in [1.165, 1.54) is 35.9 Å².